The second-order valence-electron chi connectivity index (χ2n) is 7.41. The number of esters is 2. The van der Waals surface area contributed by atoms with E-state index in [4.69, 9.17) is 20.7 Å². The maximum atomic E-state index is 15.4. The molecule has 0 saturated carbocycles. The zero-order valence-corrected chi connectivity index (χ0v) is 17.7. The number of hydrogen-bond donors (Lipinski definition) is 2. The van der Waals surface area contributed by atoms with E-state index >= 15 is 4.39 Å². The molecule has 1 aromatic heterocycles. The molecule has 31 heavy (non-hydrogen) atoms. The predicted octanol–water partition coefficient (Wildman–Crippen LogP) is 1.35. The van der Waals surface area contributed by atoms with Gasteiger partial charge in [-0.3, -0.25) is 14.2 Å². The fraction of sp³-hybridized carbons (Fsp3) is 0.667. The molecule has 13 heteroatoms. The van der Waals surface area contributed by atoms with Crippen molar-refractivity contribution in [3.63, 3.8) is 0 Å². The molecule has 0 aromatic carbocycles. The molecule has 0 bridgehead atoms. The largest absolute Gasteiger partial charge is 0.465 e. The highest BCUT2D eigenvalue weighted by atomic mass is 19.1. The maximum Gasteiger partial charge on any atom is 0.351 e. The van der Waals surface area contributed by atoms with Gasteiger partial charge in [0.1, 0.15) is 11.9 Å². The van der Waals surface area contributed by atoms with E-state index in [0.717, 1.165) is 6.20 Å². The average Bonchev–Trinajstić information content (AvgIpc) is 2.70. The summed E-state index contributed by atoms with van der Waals surface area (Å²) in [5.41, 5.74) is 13.0. The monoisotopic (exact) mass is 442 g/mol. The highest BCUT2D eigenvalue weighted by Gasteiger charge is 2.39. The van der Waals surface area contributed by atoms with Crippen LogP contribution in [-0.2, 0) is 19.1 Å². The van der Waals surface area contributed by atoms with Crippen molar-refractivity contribution in [3.05, 3.63) is 33.2 Å². The molecule has 0 aliphatic heterocycles. The summed E-state index contributed by atoms with van der Waals surface area (Å²) in [5, 5.41) is 13.8. The van der Waals surface area contributed by atoms with Gasteiger partial charge in [-0.25, -0.2) is 9.18 Å². The van der Waals surface area contributed by atoms with Gasteiger partial charge in [0.25, 0.3) is 0 Å². The number of alkyl halides is 1. The molecule has 172 valence electrons. The van der Waals surface area contributed by atoms with Crippen LogP contribution >= 0.6 is 0 Å². The maximum absolute atomic E-state index is 15.4. The van der Waals surface area contributed by atoms with Gasteiger partial charge >= 0.3 is 17.6 Å². The summed E-state index contributed by atoms with van der Waals surface area (Å²) in [6.07, 6.45) is -5.15. The minimum absolute atomic E-state index is 0.131. The third-order valence-corrected chi connectivity index (χ3v) is 4.21. The van der Waals surface area contributed by atoms with Crippen LogP contribution in [0.4, 0.5) is 10.2 Å². The van der Waals surface area contributed by atoms with E-state index in [1.165, 1.54) is 19.9 Å². The fourth-order valence-electron chi connectivity index (χ4n) is 2.39. The first kappa shape index (κ1) is 25.9. The van der Waals surface area contributed by atoms with Crippen LogP contribution in [0.5, 0.6) is 0 Å². The van der Waals surface area contributed by atoms with E-state index in [0.29, 0.717) is 4.57 Å². The summed E-state index contributed by atoms with van der Waals surface area (Å²) in [5.74, 6) is -3.80. The third kappa shape index (κ3) is 7.54. The number of aliphatic hydroxyl groups is 1. The Labute approximate surface area is 177 Å². The van der Waals surface area contributed by atoms with Crippen molar-refractivity contribution < 1.29 is 28.6 Å². The number of hydrogen-bond acceptors (Lipinski definition) is 9. The molecule has 0 radical (unpaired) electrons. The van der Waals surface area contributed by atoms with Crippen LogP contribution in [0.3, 0.4) is 0 Å². The number of aromatic nitrogens is 2. The number of nitrogens with zero attached hydrogens (tertiary/aromatic N) is 5. The highest BCUT2D eigenvalue weighted by molar-refractivity contribution is 5.72. The van der Waals surface area contributed by atoms with Crippen LogP contribution in [0.25, 0.3) is 10.4 Å². The summed E-state index contributed by atoms with van der Waals surface area (Å²) in [4.78, 5) is 42.0. The number of nitrogen functional groups attached to an aromatic ring is 1. The van der Waals surface area contributed by atoms with Crippen LogP contribution in [0.2, 0.25) is 0 Å². The Balaban J connectivity index is 3.28. The van der Waals surface area contributed by atoms with Gasteiger partial charge < -0.3 is 20.3 Å². The average molecular weight is 442 g/mol. The van der Waals surface area contributed by atoms with Crippen molar-refractivity contribution >= 4 is 17.8 Å². The lowest BCUT2D eigenvalue weighted by molar-refractivity contribution is -0.170. The van der Waals surface area contributed by atoms with E-state index in [-0.39, 0.29) is 5.82 Å². The number of rotatable bonds is 11. The molecule has 12 nitrogen and oxygen atoms in total. The standard InChI is InChI=1S/C18H27FN6O6/c1-9(2)16(27)30-8-11(7-22-24-21)14(31-17(28)10(3)4)13(19)15(26)25-6-5-12(20)23-18(25)29/h5-6,9-11,13-15,26H,7-8H2,1-4H3,(H2,20,23,29)/t11-,13+,14+,15+/m0/s1. The minimum atomic E-state index is -2.36. The Morgan fingerprint density at radius 2 is 1.94 bits per heavy atom. The normalized spacial score (nSPS) is 15.0. The Morgan fingerprint density at radius 1 is 1.32 bits per heavy atom. The first-order valence-corrected chi connectivity index (χ1v) is 9.54. The number of anilines is 1. The predicted molar refractivity (Wildman–Crippen MR) is 107 cm³/mol. The zero-order valence-electron chi connectivity index (χ0n) is 17.7. The van der Waals surface area contributed by atoms with Gasteiger partial charge in [-0.05, 0) is 11.6 Å². The molecule has 0 spiro atoms. The number of carbonyl (C=O) groups is 2. The van der Waals surface area contributed by atoms with Gasteiger partial charge in [0.15, 0.2) is 12.4 Å². The first-order valence-electron chi connectivity index (χ1n) is 9.54. The molecule has 0 aliphatic carbocycles. The molecular formula is C18H27FN6O6. The van der Waals surface area contributed by atoms with Gasteiger partial charge in [0, 0.05) is 23.6 Å². The molecule has 1 heterocycles. The van der Waals surface area contributed by atoms with Gasteiger partial charge in [-0.15, -0.1) is 0 Å². The van der Waals surface area contributed by atoms with Crippen molar-refractivity contribution in [1.82, 2.24) is 9.55 Å². The Morgan fingerprint density at radius 3 is 2.45 bits per heavy atom. The van der Waals surface area contributed by atoms with Gasteiger partial charge in [-0.1, -0.05) is 32.8 Å². The molecule has 1 rings (SSSR count). The van der Waals surface area contributed by atoms with Gasteiger partial charge in [0.2, 0.25) is 0 Å². The Bertz CT molecular complexity index is 869. The lowest BCUT2D eigenvalue weighted by Crippen LogP contribution is -2.46. The Kier molecular flexibility index (Phi) is 9.90. The van der Waals surface area contributed by atoms with Crippen molar-refractivity contribution in [2.24, 2.45) is 22.9 Å². The lowest BCUT2D eigenvalue weighted by atomic mass is 9.97. The van der Waals surface area contributed by atoms with Gasteiger partial charge in [-0.2, -0.15) is 4.98 Å². The smallest absolute Gasteiger partial charge is 0.351 e. The van der Waals surface area contributed by atoms with Crippen LogP contribution in [0, 0.1) is 17.8 Å². The fourth-order valence-corrected chi connectivity index (χ4v) is 2.39. The van der Waals surface area contributed by atoms with E-state index in [9.17, 15) is 19.5 Å². The second kappa shape index (κ2) is 11.9. The summed E-state index contributed by atoms with van der Waals surface area (Å²) in [6.45, 7) is 5.35. The number of aliphatic hydroxyl groups excluding tert-OH is 1. The molecule has 0 aliphatic rings. The van der Waals surface area contributed by atoms with Crippen LogP contribution in [-0.4, -0.2) is 52.0 Å². The van der Waals surface area contributed by atoms with E-state index in [2.05, 4.69) is 15.0 Å². The van der Waals surface area contributed by atoms with Crippen molar-refractivity contribution in [1.29, 1.82) is 0 Å². The Hall–Kier alpha value is -3.18. The number of ether oxygens (including phenoxy) is 2. The highest BCUT2D eigenvalue weighted by Crippen LogP contribution is 2.25. The second-order valence-corrected chi connectivity index (χ2v) is 7.41. The summed E-state index contributed by atoms with van der Waals surface area (Å²) in [6, 6.07) is 1.17. The molecule has 1 aromatic rings. The number of halogens is 1. The molecule has 0 fully saturated rings. The summed E-state index contributed by atoms with van der Waals surface area (Å²) < 4.78 is 26.3. The summed E-state index contributed by atoms with van der Waals surface area (Å²) in [7, 11) is 0. The third-order valence-electron chi connectivity index (χ3n) is 4.21. The van der Waals surface area contributed by atoms with Crippen LogP contribution in [0.15, 0.2) is 22.2 Å². The van der Waals surface area contributed by atoms with Crippen LogP contribution < -0.4 is 11.4 Å². The van der Waals surface area contributed by atoms with Crippen molar-refractivity contribution in [3.8, 4) is 0 Å². The van der Waals surface area contributed by atoms with Crippen molar-refractivity contribution in [2.45, 2.75) is 46.2 Å². The van der Waals surface area contributed by atoms with Crippen molar-refractivity contribution in [2.75, 3.05) is 18.9 Å². The molecule has 4 atom stereocenters. The topological polar surface area (TPSA) is 182 Å². The molecule has 0 amide bonds. The molecular weight excluding hydrogens is 415 g/mol. The molecule has 0 unspecified atom stereocenters. The quantitative estimate of drug-likeness (QED) is 0.223. The molecule has 3 N–H and O–H groups in total. The zero-order chi connectivity index (χ0) is 23.7. The SMILES string of the molecule is CC(C)C(=O)OC[C@H](CN=[N+]=[N-])[C@@H](OC(=O)C(C)C)[C@@H](F)[C@@H](O)n1ccc(N)nc1=O. The number of azide groups is 1. The minimum Gasteiger partial charge on any atom is -0.465 e. The first-order chi connectivity index (χ1) is 14.5. The lowest BCUT2D eigenvalue weighted by Gasteiger charge is -2.31. The van der Waals surface area contributed by atoms with E-state index < -0.39 is 67.0 Å². The number of carbonyl (C=O) groups excluding carboxylic acids is 2. The molecule has 0 saturated heterocycles. The van der Waals surface area contributed by atoms with Gasteiger partial charge in [0.05, 0.1) is 18.4 Å². The van der Waals surface area contributed by atoms with E-state index in [1.807, 2.05) is 0 Å². The number of nitrogens with two attached hydrogens (primary N) is 1. The van der Waals surface area contributed by atoms with E-state index in [1.54, 1.807) is 13.8 Å². The summed E-state index contributed by atoms with van der Waals surface area (Å²) >= 11 is 0. The van der Waals surface area contributed by atoms with Crippen LogP contribution in [0.1, 0.15) is 33.9 Å².